The van der Waals surface area contributed by atoms with Crippen molar-refractivity contribution < 1.29 is 27.6 Å². The van der Waals surface area contributed by atoms with Crippen LogP contribution in [0.3, 0.4) is 0 Å². The van der Waals surface area contributed by atoms with Gasteiger partial charge in [0.1, 0.15) is 12.9 Å². The zero-order valence-corrected chi connectivity index (χ0v) is 17.6. The standard InChI is InChI=1S/C20H21F3N6O3/c1-13-8-14(10-15(9-13)20(21,22)23)19-24-12-27(25-19)6-4-16(30)28-7-5-17(31)29(28)11-18(32)26(2)3/h4,6,8-10,12H,5,7,11H2,1-3H3/b6-4-. The fourth-order valence-corrected chi connectivity index (χ4v) is 3.04. The molecule has 170 valence electrons. The van der Waals surface area contributed by atoms with Gasteiger partial charge in [-0.2, -0.15) is 13.2 Å². The number of aromatic nitrogens is 3. The molecule has 2 heterocycles. The van der Waals surface area contributed by atoms with Crippen LogP contribution in [0.25, 0.3) is 17.6 Å². The van der Waals surface area contributed by atoms with E-state index in [4.69, 9.17) is 0 Å². The molecule has 9 nitrogen and oxygen atoms in total. The number of carbonyl (C=O) groups excluding carboxylic acids is 3. The van der Waals surface area contributed by atoms with Crippen LogP contribution < -0.4 is 0 Å². The summed E-state index contributed by atoms with van der Waals surface area (Å²) in [5.41, 5.74) is -0.210. The first-order chi connectivity index (χ1) is 15.0. The van der Waals surface area contributed by atoms with Crippen molar-refractivity contribution in [2.45, 2.75) is 19.5 Å². The molecule has 2 aromatic rings. The molecule has 0 N–H and O–H groups in total. The molecule has 0 bridgehead atoms. The van der Waals surface area contributed by atoms with Gasteiger partial charge < -0.3 is 4.90 Å². The van der Waals surface area contributed by atoms with Crippen molar-refractivity contribution in [2.75, 3.05) is 27.2 Å². The smallest absolute Gasteiger partial charge is 0.347 e. The Kier molecular flexibility index (Phi) is 6.32. The fourth-order valence-electron chi connectivity index (χ4n) is 3.04. The summed E-state index contributed by atoms with van der Waals surface area (Å²) >= 11 is 0. The Hall–Kier alpha value is -3.70. The van der Waals surface area contributed by atoms with E-state index in [0.717, 1.165) is 28.2 Å². The van der Waals surface area contributed by atoms with E-state index in [-0.39, 0.29) is 42.7 Å². The zero-order valence-electron chi connectivity index (χ0n) is 17.6. The van der Waals surface area contributed by atoms with E-state index in [1.54, 1.807) is 21.0 Å². The number of hydrazine groups is 1. The minimum atomic E-state index is -4.50. The maximum absolute atomic E-state index is 13.1. The summed E-state index contributed by atoms with van der Waals surface area (Å²) in [6.07, 6.45) is -0.738. The lowest BCUT2D eigenvalue weighted by Crippen LogP contribution is -2.47. The molecule has 0 radical (unpaired) electrons. The van der Waals surface area contributed by atoms with Gasteiger partial charge in [-0.05, 0) is 30.7 Å². The highest BCUT2D eigenvalue weighted by Crippen LogP contribution is 2.32. The summed E-state index contributed by atoms with van der Waals surface area (Å²) in [7, 11) is 3.09. The molecule has 1 aromatic carbocycles. The van der Waals surface area contributed by atoms with Gasteiger partial charge in [0.2, 0.25) is 11.8 Å². The number of hydrogen-bond donors (Lipinski definition) is 0. The molecule has 0 saturated carbocycles. The highest BCUT2D eigenvalue weighted by atomic mass is 19.4. The number of amides is 3. The van der Waals surface area contributed by atoms with Crippen molar-refractivity contribution in [1.29, 1.82) is 0 Å². The molecule has 1 aliphatic rings. The van der Waals surface area contributed by atoms with Crippen molar-refractivity contribution in [3.8, 4) is 11.4 Å². The Morgan fingerprint density at radius 3 is 2.59 bits per heavy atom. The number of alkyl halides is 3. The molecule has 0 spiro atoms. The quantitative estimate of drug-likeness (QED) is 0.648. The summed E-state index contributed by atoms with van der Waals surface area (Å²) < 4.78 is 40.4. The second kappa shape index (κ2) is 8.81. The molecule has 0 unspecified atom stereocenters. The SMILES string of the molecule is Cc1cc(-c2ncn(/C=C\C(=O)N3CCC(=O)N3CC(=O)N(C)C)n2)cc(C(F)(F)F)c1. The number of aryl methyl sites for hydroxylation is 1. The largest absolute Gasteiger partial charge is 0.416 e. The third-order valence-electron chi connectivity index (χ3n) is 4.70. The number of likely N-dealkylation sites (N-methyl/N-ethyl adjacent to an activating group) is 1. The monoisotopic (exact) mass is 450 g/mol. The third kappa shape index (κ3) is 5.13. The van der Waals surface area contributed by atoms with Gasteiger partial charge in [-0.25, -0.2) is 19.7 Å². The van der Waals surface area contributed by atoms with Gasteiger partial charge in [0, 0.05) is 38.4 Å². The second-order valence-corrected chi connectivity index (χ2v) is 7.40. The van der Waals surface area contributed by atoms with Crippen LogP contribution in [0.5, 0.6) is 0 Å². The average Bonchev–Trinajstić information content (AvgIpc) is 3.32. The fraction of sp³-hybridized carbons (Fsp3) is 0.350. The second-order valence-electron chi connectivity index (χ2n) is 7.40. The first-order valence-corrected chi connectivity index (χ1v) is 9.56. The number of carbonyl (C=O) groups is 3. The normalized spacial score (nSPS) is 14.5. The van der Waals surface area contributed by atoms with Gasteiger partial charge in [0.15, 0.2) is 5.82 Å². The van der Waals surface area contributed by atoms with Crippen molar-refractivity contribution in [3.63, 3.8) is 0 Å². The third-order valence-corrected chi connectivity index (χ3v) is 4.70. The average molecular weight is 450 g/mol. The van der Waals surface area contributed by atoms with Gasteiger partial charge >= 0.3 is 6.18 Å². The van der Waals surface area contributed by atoms with Crippen LogP contribution in [-0.2, 0) is 20.6 Å². The zero-order chi connectivity index (χ0) is 23.6. The van der Waals surface area contributed by atoms with E-state index in [0.29, 0.717) is 5.56 Å². The predicted octanol–water partition coefficient (Wildman–Crippen LogP) is 1.81. The van der Waals surface area contributed by atoms with E-state index in [2.05, 4.69) is 10.1 Å². The Morgan fingerprint density at radius 2 is 1.94 bits per heavy atom. The maximum Gasteiger partial charge on any atom is 0.416 e. The molecule has 12 heteroatoms. The molecule has 1 fully saturated rings. The van der Waals surface area contributed by atoms with Crippen molar-refractivity contribution in [3.05, 3.63) is 41.7 Å². The van der Waals surface area contributed by atoms with Gasteiger partial charge in [0.25, 0.3) is 5.91 Å². The van der Waals surface area contributed by atoms with Crippen molar-refractivity contribution in [1.82, 2.24) is 29.7 Å². The lowest BCUT2D eigenvalue weighted by Gasteiger charge is -2.27. The van der Waals surface area contributed by atoms with Gasteiger partial charge in [-0.1, -0.05) is 0 Å². The number of benzene rings is 1. The molecular weight excluding hydrogens is 429 g/mol. The number of hydrogen-bond acceptors (Lipinski definition) is 5. The first kappa shape index (κ1) is 23.0. The highest BCUT2D eigenvalue weighted by Gasteiger charge is 2.33. The van der Waals surface area contributed by atoms with Crippen molar-refractivity contribution in [2.24, 2.45) is 0 Å². The van der Waals surface area contributed by atoms with Crippen LogP contribution in [0.1, 0.15) is 17.5 Å². The number of halogens is 3. The van der Waals surface area contributed by atoms with E-state index in [9.17, 15) is 27.6 Å². The maximum atomic E-state index is 13.1. The first-order valence-electron chi connectivity index (χ1n) is 9.56. The molecule has 3 amide bonds. The number of nitrogens with zero attached hydrogens (tertiary/aromatic N) is 6. The Balaban J connectivity index is 1.75. The van der Waals surface area contributed by atoms with Crippen LogP contribution in [0.4, 0.5) is 13.2 Å². The molecule has 0 aliphatic carbocycles. The van der Waals surface area contributed by atoms with Crippen LogP contribution in [0, 0.1) is 6.92 Å². The van der Waals surface area contributed by atoms with E-state index < -0.39 is 17.6 Å². The number of rotatable bonds is 5. The van der Waals surface area contributed by atoms with Crippen LogP contribution in [0.15, 0.2) is 30.6 Å². The Labute approximate surface area is 181 Å². The highest BCUT2D eigenvalue weighted by molar-refractivity contribution is 5.95. The summed E-state index contributed by atoms with van der Waals surface area (Å²) in [5.74, 6) is -1.16. The van der Waals surface area contributed by atoms with Gasteiger partial charge in [-0.3, -0.25) is 14.4 Å². The summed E-state index contributed by atoms with van der Waals surface area (Å²) in [6, 6.07) is 3.51. The van der Waals surface area contributed by atoms with Gasteiger partial charge in [0.05, 0.1) is 12.1 Å². The van der Waals surface area contributed by atoms with Crippen LogP contribution >= 0.6 is 0 Å². The van der Waals surface area contributed by atoms with Crippen LogP contribution in [-0.4, -0.2) is 74.6 Å². The molecule has 32 heavy (non-hydrogen) atoms. The summed E-state index contributed by atoms with van der Waals surface area (Å²) in [6.45, 7) is 1.42. The minimum absolute atomic E-state index is 0.0610. The molecule has 0 atom stereocenters. The Bertz CT molecular complexity index is 1080. The summed E-state index contributed by atoms with van der Waals surface area (Å²) in [5, 5.41) is 6.34. The summed E-state index contributed by atoms with van der Waals surface area (Å²) in [4.78, 5) is 41.8. The molecule has 1 aromatic heterocycles. The molecule has 1 aliphatic heterocycles. The Morgan fingerprint density at radius 1 is 1.22 bits per heavy atom. The van der Waals surface area contributed by atoms with Gasteiger partial charge in [-0.15, -0.1) is 5.10 Å². The van der Waals surface area contributed by atoms with E-state index in [1.807, 2.05) is 0 Å². The minimum Gasteiger partial charge on any atom is -0.347 e. The van der Waals surface area contributed by atoms with E-state index in [1.165, 1.54) is 28.2 Å². The lowest BCUT2D eigenvalue weighted by atomic mass is 10.1. The van der Waals surface area contributed by atoms with Crippen molar-refractivity contribution >= 4 is 23.9 Å². The molecule has 3 rings (SSSR count). The molecule has 1 saturated heterocycles. The lowest BCUT2D eigenvalue weighted by molar-refractivity contribution is -0.155. The topological polar surface area (TPSA) is 91.6 Å². The van der Waals surface area contributed by atoms with Crippen LogP contribution in [0.2, 0.25) is 0 Å². The molecular formula is C20H21F3N6O3. The van der Waals surface area contributed by atoms with E-state index >= 15 is 0 Å². The predicted molar refractivity (Wildman–Crippen MR) is 107 cm³/mol.